The molecule has 1 amide bonds. The number of amides is 1. The van der Waals surface area contributed by atoms with Crippen molar-refractivity contribution in [2.75, 3.05) is 5.73 Å². The van der Waals surface area contributed by atoms with Crippen molar-refractivity contribution in [1.29, 1.82) is 0 Å². The van der Waals surface area contributed by atoms with Gasteiger partial charge in [0.2, 0.25) is 0 Å². The lowest BCUT2D eigenvalue weighted by Gasteiger charge is -2.02. The van der Waals surface area contributed by atoms with Crippen LogP contribution in [0.2, 0.25) is 0 Å². The van der Waals surface area contributed by atoms with E-state index in [1.807, 2.05) is 19.1 Å². The number of aryl methyl sites for hydroxylation is 1. The van der Waals surface area contributed by atoms with E-state index in [4.69, 9.17) is 5.73 Å². The summed E-state index contributed by atoms with van der Waals surface area (Å²) in [7, 11) is 0. The fourth-order valence-electron chi connectivity index (χ4n) is 2.07. The number of carbonyl (C=O) groups is 1. The number of aromatic amines is 1. The van der Waals surface area contributed by atoms with Crippen LogP contribution < -0.4 is 11.1 Å². The molecule has 0 spiro atoms. The Hall–Kier alpha value is -2.34. The summed E-state index contributed by atoms with van der Waals surface area (Å²) in [6, 6.07) is 5.46. The van der Waals surface area contributed by atoms with Gasteiger partial charge in [-0.05, 0) is 25.1 Å². The highest BCUT2D eigenvalue weighted by molar-refractivity contribution is 7.11. The third-order valence-electron chi connectivity index (χ3n) is 3.02. The van der Waals surface area contributed by atoms with Gasteiger partial charge in [-0.25, -0.2) is 4.98 Å². The third-order valence-corrected chi connectivity index (χ3v) is 3.93. The molecule has 0 atom stereocenters. The quantitative estimate of drug-likeness (QED) is 0.647. The zero-order valence-corrected chi connectivity index (χ0v) is 11.8. The Labute approximate surface area is 119 Å². The molecule has 2 aromatic heterocycles. The van der Waals surface area contributed by atoms with Crippen molar-refractivity contribution >= 4 is 33.8 Å². The molecule has 6 heteroatoms. The predicted octanol–water partition coefficient (Wildman–Crippen LogP) is 2.45. The summed E-state index contributed by atoms with van der Waals surface area (Å²) in [5.74, 6) is -0.117. The number of hydrogen-bond acceptors (Lipinski definition) is 4. The molecule has 0 aliphatic carbocycles. The molecule has 4 N–H and O–H groups in total. The maximum Gasteiger partial charge on any atom is 0.253 e. The van der Waals surface area contributed by atoms with E-state index < -0.39 is 0 Å². The Morgan fingerprint density at radius 3 is 3.10 bits per heavy atom. The van der Waals surface area contributed by atoms with Crippen LogP contribution in [-0.4, -0.2) is 15.9 Å². The maximum absolute atomic E-state index is 12.2. The number of nitrogens with one attached hydrogen (secondary N) is 2. The van der Waals surface area contributed by atoms with Gasteiger partial charge in [0.05, 0.1) is 12.1 Å². The molecule has 0 unspecified atom stereocenters. The fourth-order valence-corrected chi connectivity index (χ4v) is 2.79. The number of aromatic nitrogens is 2. The number of benzene rings is 1. The Balaban J connectivity index is 1.78. The van der Waals surface area contributed by atoms with E-state index in [9.17, 15) is 4.79 Å². The Bertz CT molecular complexity index is 774. The summed E-state index contributed by atoms with van der Waals surface area (Å²) in [5, 5.41) is 4.65. The molecule has 0 aliphatic heterocycles. The lowest BCUT2D eigenvalue weighted by molar-refractivity contribution is 0.0952. The molecular formula is C14H14N4OS. The summed E-state index contributed by atoms with van der Waals surface area (Å²) >= 11 is 1.58. The number of nitrogens with zero attached hydrogens (tertiary/aromatic N) is 1. The van der Waals surface area contributed by atoms with E-state index in [2.05, 4.69) is 15.3 Å². The van der Waals surface area contributed by atoms with Crippen molar-refractivity contribution in [3.63, 3.8) is 0 Å². The molecule has 3 aromatic rings. The predicted molar refractivity (Wildman–Crippen MR) is 80.7 cm³/mol. The van der Waals surface area contributed by atoms with E-state index in [1.54, 1.807) is 29.8 Å². The first-order chi connectivity index (χ1) is 9.63. The van der Waals surface area contributed by atoms with Gasteiger partial charge in [0.1, 0.15) is 5.01 Å². The van der Waals surface area contributed by atoms with E-state index in [1.165, 1.54) is 0 Å². The van der Waals surface area contributed by atoms with Crippen molar-refractivity contribution < 1.29 is 4.79 Å². The SMILES string of the molecule is Cc1cnc(CNC(=O)c2c[nH]c3cc(N)ccc23)s1. The van der Waals surface area contributed by atoms with Gasteiger partial charge in [-0.3, -0.25) is 4.79 Å². The second-order valence-electron chi connectivity index (χ2n) is 4.55. The van der Waals surface area contributed by atoms with Crippen LogP contribution in [-0.2, 0) is 6.54 Å². The molecular weight excluding hydrogens is 272 g/mol. The third kappa shape index (κ3) is 2.37. The molecule has 0 bridgehead atoms. The van der Waals surface area contributed by atoms with Gasteiger partial charge in [0.15, 0.2) is 0 Å². The second kappa shape index (κ2) is 4.97. The number of thiazole rings is 1. The highest BCUT2D eigenvalue weighted by Crippen LogP contribution is 2.20. The molecule has 0 saturated heterocycles. The van der Waals surface area contributed by atoms with Crippen LogP contribution in [0.1, 0.15) is 20.2 Å². The molecule has 2 heterocycles. The number of rotatable bonds is 3. The minimum Gasteiger partial charge on any atom is -0.399 e. The van der Waals surface area contributed by atoms with Crippen molar-refractivity contribution in [2.24, 2.45) is 0 Å². The molecule has 0 saturated carbocycles. The lowest BCUT2D eigenvalue weighted by atomic mass is 10.1. The Morgan fingerprint density at radius 1 is 1.50 bits per heavy atom. The number of nitrogen functional groups attached to an aromatic ring is 1. The van der Waals surface area contributed by atoms with Gasteiger partial charge in [-0.15, -0.1) is 11.3 Å². The van der Waals surface area contributed by atoms with Gasteiger partial charge in [0.25, 0.3) is 5.91 Å². The van der Waals surface area contributed by atoms with Crippen molar-refractivity contribution in [3.8, 4) is 0 Å². The molecule has 102 valence electrons. The monoisotopic (exact) mass is 286 g/mol. The van der Waals surface area contributed by atoms with E-state index in [0.717, 1.165) is 20.8 Å². The van der Waals surface area contributed by atoms with Gasteiger partial charge in [-0.1, -0.05) is 0 Å². The molecule has 0 aliphatic rings. The minimum absolute atomic E-state index is 0.117. The van der Waals surface area contributed by atoms with Crippen LogP contribution in [0.15, 0.2) is 30.6 Å². The van der Waals surface area contributed by atoms with Gasteiger partial charge < -0.3 is 16.0 Å². The molecule has 5 nitrogen and oxygen atoms in total. The zero-order valence-electron chi connectivity index (χ0n) is 10.9. The summed E-state index contributed by atoms with van der Waals surface area (Å²) in [4.78, 5) is 20.6. The van der Waals surface area contributed by atoms with Crippen LogP contribution in [0.4, 0.5) is 5.69 Å². The minimum atomic E-state index is -0.117. The topological polar surface area (TPSA) is 83.8 Å². The van der Waals surface area contributed by atoms with E-state index in [-0.39, 0.29) is 5.91 Å². The highest BCUT2D eigenvalue weighted by atomic mass is 32.1. The average molecular weight is 286 g/mol. The normalized spacial score (nSPS) is 10.8. The fraction of sp³-hybridized carbons (Fsp3) is 0.143. The van der Waals surface area contributed by atoms with Gasteiger partial charge in [-0.2, -0.15) is 0 Å². The van der Waals surface area contributed by atoms with Crippen LogP contribution >= 0.6 is 11.3 Å². The Kier molecular flexibility index (Phi) is 3.15. The van der Waals surface area contributed by atoms with Gasteiger partial charge >= 0.3 is 0 Å². The van der Waals surface area contributed by atoms with Crippen LogP contribution in [0.5, 0.6) is 0 Å². The van der Waals surface area contributed by atoms with Crippen LogP contribution in [0, 0.1) is 6.92 Å². The average Bonchev–Trinajstić information content (AvgIpc) is 3.01. The maximum atomic E-state index is 12.2. The van der Waals surface area contributed by atoms with Gasteiger partial charge in [0, 0.05) is 33.9 Å². The molecule has 20 heavy (non-hydrogen) atoms. The van der Waals surface area contributed by atoms with E-state index in [0.29, 0.717) is 17.8 Å². The van der Waals surface area contributed by atoms with E-state index >= 15 is 0 Å². The second-order valence-corrected chi connectivity index (χ2v) is 5.87. The van der Waals surface area contributed by atoms with Crippen LogP contribution in [0.25, 0.3) is 10.9 Å². The lowest BCUT2D eigenvalue weighted by Crippen LogP contribution is -2.22. The molecule has 0 radical (unpaired) electrons. The first-order valence-electron chi connectivity index (χ1n) is 6.19. The number of anilines is 1. The number of H-pyrrole nitrogens is 1. The Morgan fingerprint density at radius 2 is 2.35 bits per heavy atom. The summed E-state index contributed by atoms with van der Waals surface area (Å²) in [5.41, 5.74) is 7.87. The summed E-state index contributed by atoms with van der Waals surface area (Å²) < 4.78 is 0. The van der Waals surface area contributed by atoms with Crippen LogP contribution in [0.3, 0.4) is 0 Å². The smallest absolute Gasteiger partial charge is 0.253 e. The molecule has 3 rings (SSSR count). The standard InChI is InChI=1S/C14H14N4OS/c1-8-5-17-13(20-8)7-18-14(19)11-6-16-12-4-9(15)2-3-10(11)12/h2-6,16H,7,15H2,1H3,(H,18,19). The number of nitrogens with two attached hydrogens (primary N) is 1. The number of hydrogen-bond donors (Lipinski definition) is 3. The molecule has 1 aromatic carbocycles. The highest BCUT2D eigenvalue weighted by Gasteiger charge is 2.12. The number of carbonyl (C=O) groups excluding carboxylic acids is 1. The first kappa shape index (κ1) is 12.7. The molecule has 0 fully saturated rings. The largest absolute Gasteiger partial charge is 0.399 e. The van der Waals surface area contributed by atoms with Crippen molar-refractivity contribution in [1.82, 2.24) is 15.3 Å². The zero-order chi connectivity index (χ0) is 14.1. The number of fused-ring (bicyclic) bond motifs is 1. The van der Waals surface area contributed by atoms with Crippen molar-refractivity contribution in [3.05, 3.63) is 46.0 Å². The summed E-state index contributed by atoms with van der Waals surface area (Å²) in [6.45, 7) is 2.44. The van der Waals surface area contributed by atoms with Crippen molar-refractivity contribution in [2.45, 2.75) is 13.5 Å². The first-order valence-corrected chi connectivity index (χ1v) is 7.01. The summed E-state index contributed by atoms with van der Waals surface area (Å²) in [6.07, 6.45) is 3.51.